The molecule has 4 nitrogen and oxygen atoms in total. The Hall–Kier alpha value is -0.870. The van der Waals surface area contributed by atoms with E-state index < -0.39 is 0 Å². The minimum absolute atomic E-state index is 0.0163. The molecule has 0 fully saturated rings. The summed E-state index contributed by atoms with van der Waals surface area (Å²) in [7, 11) is 6.03. The summed E-state index contributed by atoms with van der Waals surface area (Å²) in [6, 6.07) is 2.10. The van der Waals surface area contributed by atoms with Crippen molar-refractivity contribution in [3.63, 3.8) is 0 Å². The van der Waals surface area contributed by atoms with Gasteiger partial charge in [-0.25, -0.2) is 0 Å². The van der Waals surface area contributed by atoms with E-state index in [0.29, 0.717) is 0 Å². The number of hydrogen-bond donors (Lipinski definition) is 1. The highest BCUT2D eigenvalue weighted by atomic mass is 15.2. The van der Waals surface area contributed by atoms with E-state index in [-0.39, 0.29) is 11.6 Å². The first-order valence-corrected chi connectivity index (χ1v) is 5.25. The Morgan fingerprint density at radius 2 is 2.13 bits per heavy atom. The predicted molar refractivity (Wildman–Crippen MR) is 62.7 cm³/mol. The topological polar surface area (TPSA) is 47.1 Å². The molecule has 1 rings (SSSR count). The van der Waals surface area contributed by atoms with Gasteiger partial charge in [-0.05, 0) is 34.0 Å². The number of nitrogens with zero attached hydrogens (tertiary/aromatic N) is 3. The number of rotatable bonds is 4. The number of nitrogens with two attached hydrogens (primary N) is 1. The maximum Gasteiger partial charge on any atom is 0.0640 e. The van der Waals surface area contributed by atoms with Crippen molar-refractivity contribution < 1.29 is 0 Å². The van der Waals surface area contributed by atoms with Crippen molar-refractivity contribution in [2.24, 2.45) is 12.8 Å². The normalized spacial score (nSPS) is 14.6. The summed E-state index contributed by atoms with van der Waals surface area (Å²) in [5.41, 5.74) is 7.24. The Balaban J connectivity index is 2.67. The average molecular weight is 210 g/mol. The van der Waals surface area contributed by atoms with E-state index in [2.05, 4.69) is 37.9 Å². The van der Waals surface area contributed by atoms with Crippen LogP contribution in [-0.4, -0.2) is 40.4 Å². The Morgan fingerprint density at radius 1 is 1.53 bits per heavy atom. The highest BCUT2D eigenvalue weighted by Crippen LogP contribution is 2.16. The quantitative estimate of drug-likeness (QED) is 0.793. The molecular weight excluding hydrogens is 188 g/mol. The first kappa shape index (κ1) is 12.2. The third-order valence-corrected chi connectivity index (χ3v) is 3.26. The smallest absolute Gasteiger partial charge is 0.0640 e. The molecular formula is C11H22N4. The first-order valence-electron chi connectivity index (χ1n) is 5.25. The second-order valence-electron chi connectivity index (χ2n) is 4.84. The monoisotopic (exact) mass is 210 g/mol. The van der Waals surface area contributed by atoms with Crippen LogP contribution in [0.3, 0.4) is 0 Å². The van der Waals surface area contributed by atoms with Gasteiger partial charge in [0.05, 0.1) is 5.69 Å². The lowest BCUT2D eigenvalue weighted by molar-refractivity contribution is 0.157. The molecule has 0 aliphatic heterocycles. The highest BCUT2D eigenvalue weighted by Gasteiger charge is 2.29. The molecule has 0 aliphatic carbocycles. The summed E-state index contributed by atoms with van der Waals surface area (Å²) >= 11 is 0. The van der Waals surface area contributed by atoms with Crippen LogP contribution in [0.4, 0.5) is 0 Å². The van der Waals surface area contributed by atoms with Crippen LogP contribution in [0.25, 0.3) is 0 Å². The lowest BCUT2D eigenvalue weighted by Gasteiger charge is -2.37. The molecule has 1 heterocycles. The van der Waals surface area contributed by atoms with Gasteiger partial charge in [-0.1, -0.05) is 0 Å². The van der Waals surface area contributed by atoms with E-state index in [0.717, 1.165) is 12.1 Å². The van der Waals surface area contributed by atoms with E-state index >= 15 is 0 Å². The number of aromatic nitrogens is 2. The second kappa shape index (κ2) is 4.33. The van der Waals surface area contributed by atoms with Crippen LogP contribution in [0.15, 0.2) is 12.3 Å². The maximum absolute atomic E-state index is 6.20. The van der Waals surface area contributed by atoms with Gasteiger partial charge in [0.2, 0.25) is 0 Å². The molecule has 0 spiro atoms. The van der Waals surface area contributed by atoms with Crippen LogP contribution in [0, 0.1) is 0 Å². The van der Waals surface area contributed by atoms with E-state index in [1.807, 2.05) is 24.0 Å². The Kier molecular flexibility index (Phi) is 3.52. The molecule has 0 amide bonds. The van der Waals surface area contributed by atoms with E-state index in [9.17, 15) is 0 Å². The molecule has 0 bridgehead atoms. The van der Waals surface area contributed by atoms with Crippen molar-refractivity contribution in [3.05, 3.63) is 18.0 Å². The molecule has 0 aliphatic rings. The van der Waals surface area contributed by atoms with Gasteiger partial charge in [-0.2, -0.15) is 5.10 Å². The third kappa shape index (κ3) is 2.79. The minimum atomic E-state index is -0.0163. The molecule has 0 saturated heterocycles. The van der Waals surface area contributed by atoms with E-state index in [1.165, 1.54) is 0 Å². The highest BCUT2D eigenvalue weighted by molar-refractivity contribution is 5.04. The first-order chi connectivity index (χ1) is 6.84. The van der Waals surface area contributed by atoms with Gasteiger partial charge in [0, 0.05) is 31.2 Å². The van der Waals surface area contributed by atoms with Crippen LogP contribution in [0.2, 0.25) is 0 Å². The fourth-order valence-electron chi connectivity index (χ4n) is 1.38. The average Bonchev–Trinajstić information content (AvgIpc) is 2.50. The molecule has 4 heteroatoms. The van der Waals surface area contributed by atoms with Gasteiger partial charge in [0.25, 0.3) is 0 Å². The molecule has 0 radical (unpaired) electrons. The summed E-state index contributed by atoms with van der Waals surface area (Å²) in [4.78, 5) is 2.15. The van der Waals surface area contributed by atoms with Crippen molar-refractivity contribution in [1.82, 2.24) is 14.7 Å². The Morgan fingerprint density at radius 3 is 2.53 bits per heavy atom. The largest absolute Gasteiger partial charge is 0.326 e. The van der Waals surface area contributed by atoms with Gasteiger partial charge in [0.15, 0.2) is 0 Å². The van der Waals surface area contributed by atoms with Gasteiger partial charge in [-0.15, -0.1) is 0 Å². The zero-order valence-corrected chi connectivity index (χ0v) is 10.4. The second-order valence-corrected chi connectivity index (χ2v) is 4.84. The molecule has 1 atom stereocenters. The van der Waals surface area contributed by atoms with Gasteiger partial charge < -0.3 is 10.6 Å². The summed E-state index contributed by atoms with van der Waals surface area (Å²) in [5.74, 6) is 0. The zero-order valence-electron chi connectivity index (χ0n) is 10.4. The fraction of sp³-hybridized carbons (Fsp3) is 0.727. The lowest BCUT2D eigenvalue weighted by atomic mass is 9.90. The molecule has 1 unspecified atom stereocenters. The van der Waals surface area contributed by atoms with Crippen molar-refractivity contribution in [1.29, 1.82) is 0 Å². The third-order valence-electron chi connectivity index (χ3n) is 3.26. The maximum atomic E-state index is 6.20. The molecule has 15 heavy (non-hydrogen) atoms. The summed E-state index contributed by atoms with van der Waals surface area (Å²) in [5, 5.41) is 4.34. The molecule has 1 aromatic rings. The number of likely N-dealkylation sites (N-methyl/N-ethyl adjacent to an activating group) is 1. The molecule has 0 saturated carbocycles. The van der Waals surface area contributed by atoms with Crippen LogP contribution in [0.1, 0.15) is 19.5 Å². The zero-order chi connectivity index (χ0) is 11.6. The summed E-state index contributed by atoms with van der Waals surface area (Å²) in [6.07, 6.45) is 2.76. The van der Waals surface area contributed by atoms with Crippen molar-refractivity contribution in [3.8, 4) is 0 Å². The summed E-state index contributed by atoms with van der Waals surface area (Å²) < 4.78 is 1.81. The molecule has 86 valence electrons. The van der Waals surface area contributed by atoms with Crippen molar-refractivity contribution in [2.45, 2.75) is 31.8 Å². The standard InChI is InChI=1S/C11H22N4/c1-11(2,14(3)4)10(12)8-9-6-7-15(5)13-9/h6-7,10H,8,12H2,1-5H3. The van der Waals surface area contributed by atoms with Crippen LogP contribution in [0.5, 0.6) is 0 Å². The lowest BCUT2D eigenvalue weighted by Crippen LogP contribution is -2.54. The van der Waals surface area contributed by atoms with Crippen LogP contribution in [-0.2, 0) is 13.5 Å². The molecule has 0 aromatic carbocycles. The van der Waals surface area contributed by atoms with Gasteiger partial charge in [0.1, 0.15) is 0 Å². The van der Waals surface area contributed by atoms with E-state index in [1.54, 1.807) is 0 Å². The number of aryl methyl sites for hydroxylation is 1. The van der Waals surface area contributed by atoms with Crippen LogP contribution < -0.4 is 5.73 Å². The number of hydrogen-bond acceptors (Lipinski definition) is 3. The van der Waals surface area contributed by atoms with Crippen LogP contribution >= 0.6 is 0 Å². The SMILES string of the molecule is CN(C)C(C)(C)C(N)Cc1ccn(C)n1. The Labute approximate surface area is 92.1 Å². The fourth-order valence-corrected chi connectivity index (χ4v) is 1.38. The van der Waals surface area contributed by atoms with Crippen molar-refractivity contribution >= 4 is 0 Å². The molecule has 2 N–H and O–H groups in total. The van der Waals surface area contributed by atoms with Gasteiger partial charge in [-0.3, -0.25) is 4.68 Å². The Bertz CT molecular complexity index is 314. The minimum Gasteiger partial charge on any atom is -0.326 e. The molecule has 1 aromatic heterocycles. The van der Waals surface area contributed by atoms with Gasteiger partial charge >= 0.3 is 0 Å². The van der Waals surface area contributed by atoms with E-state index in [4.69, 9.17) is 5.73 Å². The van der Waals surface area contributed by atoms with Crippen molar-refractivity contribution in [2.75, 3.05) is 14.1 Å². The predicted octanol–water partition coefficient (Wildman–Crippen LogP) is 0.630. The summed E-state index contributed by atoms with van der Waals surface area (Å²) in [6.45, 7) is 4.31.